The molecule has 0 aromatic heterocycles. The van der Waals surface area contributed by atoms with Gasteiger partial charge in [-0.2, -0.15) is 18.4 Å². The number of sulfonamides is 1. The van der Waals surface area contributed by atoms with Crippen LogP contribution in [0.1, 0.15) is 22.8 Å². The van der Waals surface area contributed by atoms with Crippen molar-refractivity contribution in [3.8, 4) is 11.8 Å². The lowest BCUT2D eigenvalue weighted by molar-refractivity contribution is -0.189. The summed E-state index contributed by atoms with van der Waals surface area (Å²) in [5.41, 5.74) is -0.961. The average molecular weight is 532 g/mol. The molecule has 8 nitrogen and oxygen atoms in total. The van der Waals surface area contributed by atoms with E-state index >= 15 is 0 Å². The molecule has 3 rings (SSSR count). The zero-order valence-electron chi connectivity index (χ0n) is 19.1. The lowest BCUT2D eigenvalue weighted by Gasteiger charge is -2.36. The highest BCUT2D eigenvalue weighted by Crippen LogP contribution is 2.31. The van der Waals surface area contributed by atoms with Crippen molar-refractivity contribution >= 4 is 21.6 Å². The van der Waals surface area contributed by atoms with Crippen LogP contribution in [0.25, 0.3) is 0 Å². The molecule has 1 heterocycles. The number of rotatable bonds is 6. The van der Waals surface area contributed by atoms with E-state index < -0.39 is 56.7 Å². The van der Waals surface area contributed by atoms with Crippen molar-refractivity contribution in [3.05, 3.63) is 53.1 Å². The van der Waals surface area contributed by atoms with E-state index in [1.807, 2.05) is 0 Å². The Hall–Kier alpha value is -3.44. The molecule has 194 valence electrons. The monoisotopic (exact) mass is 532 g/mol. The fourth-order valence-corrected chi connectivity index (χ4v) is 4.26. The zero-order chi connectivity index (χ0) is 26.8. The van der Waals surface area contributed by atoms with Gasteiger partial charge < -0.3 is 14.5 Å². The molecular formula is C22H21F5N4O4S. The smallest absolute Gasteiger partial charge is 0.425 e. The lowest BCUT2D eigenvalue weighted by Crippen LogP contribution is -2.49. The first kappa shape index (κ1) is 27.2. The molecule has 1 unspecified atom stereocenters. The van der Waals surface area contributed by atoms with Gasteiger partial charge >= 0.3 is 6.18 Å². The predicted octanol–water partition coefficient (Wildman–Crippen LogP) is 3.04. The number of halogens is 5. The summed E-state index contributed by atoms with van der Waals surface area (Å²) < 4.78 is 98.9. The maximum Gasteiger partial charge on any atom is 0.425 e. The van der Waals surface area contributed by atoms with Gasteiger partial charge in [0.15, 0.2) is 6.10 Å². The minimum absolute atomic E-state index is 0.0306. The van der Waals surface area contributed by atoms with Crippen LogP contribution in [0, 0.1) is 23.0 Å². The van der Waals surface area contributed by atoms with Crippen LogP contribution in [-0.4, -0.2) is 64.7 Å². The van der Waals surface area contributed by atoms with Crippen LogP contribution in [0.3, 0.4) is 0 Å². The predicted molar refractivity (Wildman–Crippen MR) is 118 cm³/mol. The summed E-state index contributed by atoms with van der Waals surface area (Å²) in [6, 6.07) is 6.10. The van der Waals surface area contributed by atoms with E-state index in [1.165, 1.54) is 15.9 Å². The summed E-state index contributed by atoms with van der Waals surface area (Å²) in [5, 5.41) is 8.83. The van der Waals surface area contributed by atoms with Crippen molar-refractivity contribution in [2.24, 2.45) is 0 Å². The lowest BCUT2D eigenvalue weighted by atomic mass is 10.1. The van der Waals surface area contributed by atoms with E-state index in [4.69, 9.17) is 10.00 Å². The highest BCUT2D eigenvalue weighted by Gasteiger charge is 2.39. The van der Waals surface area contributed by atoms with Gasteiger partial charge in [0, 0.05) is 32.2 Å². The Bertz CT molecular complexity index is 1300. The Balaban J connectivity index is 1.87. The Labute approximate surface area is 203 Å². The number of hydrogen-bond acceptors (Lipinski definition) is 6. The second kappa shape index (κ2) is 10.3. The largest absolute Gasteiger partial charge is 0.480 e. The number of ether oxygens (including phenoxy) is 1. The summed E-state index contributed by atoms with van der Waals surface area (Å²) in [4.78, 5) is 15.6. The number of piperazine rings is 1. The van der Waals surface area contributed by atoms with E-state index in [1.54, 1.807) is 0 Å². The molecule has 1 amide bonds. The SMILES string of the molecule is CNS(=O)(=O)c1ccc(OC(C)C(F)(F)F)c(C(=O)N2CCN(c3cc(F)c(C#N)cc3F)CC2)c1. The molecule has 1 aliphatic rings. The summed E-state index contributed by atoms with van der Waals surface area (Å²) in [5.74, 6) is -2.98. The Morgan fingerprint density at radius 1 is 1.11 bits per heavy atom. The van der Waals surface area contributed by atoms with Crippen LogP contribution >= 0.6 is 0 Å². The molecule has 1 fully saturated rings. The molecule has 0 spiro atoms. The minimum atomic E-state index is -4.73. The van der Waals surface area contributed by atoms with Crippen LogP contribution in [0.2, 0.25) is 0 Å². The van der Waals surface area contributed by atoms with Gasteiger partial charge in [-0.3, -0.25) is 4.79 Å². The molecule has 14 heteroatoms. The van der Waals surface area contributed by atoms with E-state index in [9.17, 15) is 35.2 Å². The molecule has 2 aromatic carbocycles. The second-order valence-corrected chi connectivity index (χ2v) is 9.73. The number of alkyl halides is 3. The van der Waals surface area contributed by atoms with Crippen molar-refractivity contribution in [3.63, 3.8) is 0 Å². The summed E-state index contributed by atoms with van der Waals surface area (Å²) in [6.07, 6.45) is -7.01. The number of anilines is 1. The van der Waals surface area contributed by atoms with Gasteiger partial charge in [-0.05, 0) is 38.2 Å². The molecule has 2 aromatic rings. The Morgan fingerprint density at radius 3 is 2.31 bits per heavy atom. The molecule has 0 saturated carbocycles. The third-order valence-electron chi connectivity index (χ3n) is 5.59. The van der Waals surface area contributed by atoms with E-state index in [2.05, 4.69) is 4.72 Å². The van der Waals surface area contributed by atoms with Crippen molar-refractivity contribution in [1.29, 1.82) is 5.26 Å². The third kappa shape index (κ3) is 5.68. The number of carbonyl (C=O) groups is 1. The first-order valence-electron chi connectivity index (χ1n) is 10.5. The van der Waals surface area contributed by atoms with Gasteiger partial charge in [0.05, 0.1) is 21.7 Å². The number of benzene rings is 2. The summed E-state index contributed by atoms with van der Waals surface area (Å²) in [6.45, 7) is 0.764. The molecule has 1 atom stereocenters. The Morgan fingerprint density at radius 2 is 1.75 bits per heavy atom. The maximum absolute atomic E-state index is 14.4. The van der Waals surface area contributed by atoms with Gasteiger partial charge in [0.25, 0.3) is 5.91 Å². The zero-order valence-corrected chi connectivity index (χ0v) is 19.9. The van der Waals surface area contributed by atoms with Crippen molar-refractivity contribution in [2.75, 3.05) is 38.1 Å². The molecule has 1 N–H and O–H groups in total. The summed E-state index contributed by atoms with van der Waals surface area (Å²) >= 11 is 0. The fraction of sp³-hybridized carbons (Fsp3) is 0.364. The molecule has 36 heavy (non-hydrogen) atoms. The van der Waals surface area contributed by atoms with Crippen LogP contribution in [0.4, 0.5) is 27.6 Å². The van der Waals surface area contributed by atoms with E-state index in [-0.39, 0.29) is 36.8 Å². The molecular weight excluding hydrogens is 511 g/mol. The topological polar surface area (TPSA) is 103 Å². The number of amides is 1. The fourth-order valence-electron chi connectivity index (χ4n) is 3.51. The molecule has 0 aliphatic carbocycles. The number of nitriles is 1. The quantitative estimate of drug-likeness (QED) is 0.574. The van der Waals surface area contributed by atoms with Crippen LogP contribution in [0.15, 0.2) is 35.2 Å². The Kier molecular flexibility index (Phi) is 7.75. The maximum atomic E-state index is 14.4. The van der Waals surface area contributed by atoms with Gasteiger partial charge in [0.2, 0.25) is 10.0 Å². The van der Waals surface area contributed by atoms with Crippen LogP contribution in [-0.2, 0) is 10.0 Å². The highest BCUT2D eigenvalue weighted by molar-refractivity contribution is 7.89. The van der Waals surface area contributed by atoms with Crippen molar-refractivity contribution in [2.45, 2.75) is 24.1 Å². The van der Waals surface area contributed by atoms with Gasteiger partial charge in [-0.15, -0.1) is 0 Å². The first-order valence-corrected chi connectivity index (χ1v) is 12.0. The van der Waals surface area contributed by atoms with E-state index in [0.29, 0.717) is 0 Å². The summed E-state index contributed by atoms with van der Waals surface area (Å²) in [7, 11) is -2.89. The molecule has 1 aliphatic heterocycles. The first-order chi connectivity index (χ1) is 16.8. The van der Waals surface area contributed by atoms with Crippen LogP contribution in [0.5, 0.6) is 5.75 Å². The molecule has 0 radical (unpaired) electrons. The number of nitrogens with zero attached hydrogens (tertiary/aromatic N) is 3. The molecule has 0 bridgehead atoms. The van der Waals surface area contributed by atoms with E-state index in [0.717, 1.165) is 44.3 Å². The number of nitrogens with one attached hydrogen (secondary N) is 1. The average Bonchev–Trinajstić information content (AvgIpc) is 2.84. The number of hydrogen-bond donors (Lipinski definition) is 1. The standard InChI is InChI=1S/C22H21F5N4O4S/c1-13(22(25,26)27)35-20-4-3-15(36(33,34)29-2)10-16(20)21(32)31-7-5-30(6-8-31)19-11-17(23)14(12-28)9-18(19)24/h3-4,9-11,13,29H,5-8H2,1-2H3. The second-order valence-electron chi connectivity index (χ2n) is 7.84. The molecule has 1 saturated heterocycles. The van der Waals surface area contributed by atoms with Gasteiger partial charge in [-0.1, -0.05) is 0 Å². The van der Waals surface area contributed by atoms with Gasteiger partial charge in [-0.25, -0.2) is 21.9 Å². The van der Waals surface area contributed by atoms with Crippen LogP contribution < -0.4 is 14.4 Å². The third-order valence-corrected chi connectivity index (χ3v) is 7.00. The normalized spacial score (nSPS) is 15.4. The highest BCUT2D eigenvalue weighted by atomic mass is 32.2. The van der Waals surface area contributed by atoms with Gasteiger partial charge in [0.1, 0.15) is 23.5 Å². The van der Waals surface area contributed by atoms with Crippen molar-refractivity contribution < 1.29 is 39.9 Å². The number of carbonyl (C=O) groups excluding carboxylic acids is 1. The minimum Gasteiger partial charge on any atom is -0.480 e. The van der Waals surface area contributed by atoms with Crippen molar-refractivity contribution in [1.82, 2.24) is 9.62 Å².